The Morgan fingerprint density at radius 3 is 2.91 bits per heavy atom. The van der Waals surface area contributed by atoms with Crippen molar-refractivity contribution >= 4 is 21.8 Å². The van der Waals surface area contributed by atoms with E-state index in [4.69, 9.17) is 4.74 Å². The average molecular weight is 376 g/mol. The predicted octanol–water partition coefficient (Wildman–Crippen LogP) is 2.68. The van der Waals surface area contributed by atoms with Gasteiger partial charge in [-0.25, -0.2) is 4.98 Å². The van der Waals surface area contributed by atoms with Crippen molar-refractivity contribution in [2.75, 3.05) is 19.8 Å². The van der Waals surface area contributed by atoms with Crippen molar-refractivity contribution in [3.8, 4) is 0 Å². The lowest BCUT2D eigenvalue weighted by Gasteiger charge is -2.36. The van der Waals surface area contributed by atoms with E-state index in [1.807, 2.05) is 17.0 Å². The van der Waals surface area contributed by atoms with Gasteiger partial charge in [-0.15, -0.1) is 0 Å². The summed E-state index contributed by atoms with van der Waals surface area (Å²) in [6.45, 7) is 1.93. The first-order valence-electron chi connectivity index (χ1n) is 7.90. The monoisotopic (exact) mass is 375 g/mol. The minimum Gasteiger partial charge on any atom is -0.381 e. The average Bonchev–Trinajstić information content (AvgIpc) is 3.25. The topological polar surface area (TPSA) is 58.2 Å². The zero-order valence-corrected chi connectivity index (χ0v) is 14.3. The fourth-order valence-electron chi connectivity index (χ4n) is 3.46. The van der Waals surface area contributed by atoms with Crippen LogP contribution >= 0.6 is 15.9 Å². The van der Waals surface area contributed by atoms with Gasteiger partial charge < -0.3 is 14.6 Å². The molecular weight excluding hydrogens is 358 g/mol. The summed E-state index contributed by atoms with van der Waals surface area (Å²) in [5.41, 5.74) is 3.18. The number of benzene rings is 1. The molecule has 1 amide bonds. The number of carbonyl (C=O) groups excluding carboxylic acids is 1. The number of H-pyrrole nitrogens is 1. The Morgan fingerprint density at radius 2 is 2.17 bits per heavy atom. The Balaban J connectivity index is 1.72. The van der Waals surface area contributed by atoms with E-state index in [9.17, 15) is 4.79 Å². The number of fused-ring (bicyclic) bond motifs is 1. The van der Waals surface area contributed by atoms with Crippen molar-refractivity contribution in [2.24, 2.45) is 5.92 Å². The van der Waals surface area contributed by atoms with Gasteiger partial charge in [0.15, 0.2) is 0 Å². The molecule has 2 aliphatic heterocycles. The summed E-state index contributed by atoms with van der Waals surface area (Å²) in [6, 6.07) is 8.02. The summed E-state index contributed by atoms with van der Waals surface area (Å²) < 4.78 is 6.43. The van der Waals surface area contributed by atoms with Crippen LogP contribution in [-0.2, 0) is 16.0 Å². The molecule has 2 aliphatic rings. The normalized spacial score (nSPS) is 23.8. The molecule has 1 N–H and O–H groups in total. The molecule has 5 nitrogen and oxygen atoms in total. The van der Waals surface area contributed by atoms with E-state index >= 15 is 0 Å². The summed E-state index contributed by atoms with van der Waals surface area (Å²) in [5.74, 6) is 0.164. The number of imidazole rings is 1. The highest BCUT2D eigenvalue weighted by atomic mass is 79.9. The molecule has 2 unspecified atom stereocenters. The second kappa shape index (κ2) is 6.09. The molecule has 120 valence electrons. The molecule has 0 spiro atoms. The summed E-state index contributed by atoms with van der Waals surface area (Å²) in [7, 11) is 0. The maximum atomic E-state index is 13.0. The molecule has 6 heteroatoms. The van der Waals surface area contributed by atoms with Crippen molar-refractivity contribution < 1.29 is 9.53 Å². The van der Waals surface area contributed by atoms with Crippen LogP contribution in [0, 0.1) is 5.92 Å². The highest BCUT2D eigenvalue weighted by molar-refractivity contribution is 9.10. The maximum Gasteiger partial charge on any atom is 0.228 e. The number of amides is 1. The summed E-state index contributed by atoms with van der Waals surface area (Å²) in [5, 5.41) is 0. The van der Waals surface area contributed by atoms with Crippen molar-refractivity contribution in [1.29, 1.82) is 0 Å². The van der Waals surface area contributed by atoms with Gasteiger partial charge in [-0.1, -0.05) is 28.1 Å². The molecule has 0 aliphatic carbocycles. The lowest BCUT2D eigenvalue weighted by atomic mass is 9.93. The van der Waals surface area contributed by atoms with E-state index in [2.05, 4.69) is 38.0 Å². The quantitative estimate of drug-likeness (QED) is 0.877. The molecule has 1 fully saturated rings. The highest BCUT2D eigenvalue weighted by Gasteiger charge is 2.37. The lowest BCUT2D eigenvalue weighted by Crippen LogP contribution is -2.44. The minimum atomic E-state index is -0.119. The number of hydrogen-bond donors (Lipinski definition) is 1. The molecule has 2 atom stereocenters. The third kappa shape index (κ3) is 2.70. The third-order valence-electron chi connectivity index (χ3n) is 4.67. The van der Waals surface area contributed by atoms with Gasteiger partial charge in [-0.3, -0.25) is 4.79 Å². The van der Waals surface area contributed by atoms with Crippen LogP contribution in [0.2, 0.25) is 0 Å². The maximum absolute atomic E-state index is 13.0. The van der Waals surface area contributed by atoms with Crippen LogP contribution in [0.3, 0.4) is 0 Å². The third-order valence-corrected chi connectivity index (χ3v) is 5.20. The Labute approximate surface area is 143 Å². The molecule has 1 saturated heterocycles. The van der Waals surface area contributed by atoms with Gasteiger partial charge in [0.2, 0.25) is 5.91 Å². The number of hydrogen-bond acceptors (Lipinski definition) is 3. The summed E-state index contributed by atoms with van der Waals surface area (Å²) in [4.78, 5) is 22.7. The molecule has 0 saturated carbocycles. The van der Waals surface area contributed by atoms with Crippen molar-refractivity contribution in [3.63, 3.8) is 0 Å². The van der Waals surface area contributed by atoms with Crippen molar-refractivity contribution in [2.45, 2.75) is 18.9 Å². The first kappa shape index (κ1) is 14.9. The number of aromatic nitrogens is 2. The van der Waals surface area contributed by atoms with Crippen LogP contribution in [-0.4, -0.2) is 40.5 Å². The van der Waals surface area contributed by atoms with Crippen LogP contribution in [0.4, 0.5) is 0 Å². The highest BCUT2D eigenvalue weighted by Crippen LogP contribution is 2.35. The summed E-state index contributed by atoms with van der Waals surface area (Å²) in [6.07, 6.45) is 3.36. The molecule has 4 rings (SSSR count). The molecule has 23 heavy (non-hydrogen) atoms. The van der Waals surface area contributed by atoms with E-state index in [0.29, 0.717) is 19.8 Å². The smallest absolute Gasteiger partial charge is 0.228 e. The van der Waals surface area contributed by atoms with Gasteiger partial charge >= 0.3 is 0 Å². The molecule has 0 bridgehead atoms. The van der Waals surface area contributed by atoms with Crippen LogP contribution in [0.5, 0.6) is 0 Å². The van der Waals surface area contributed by atoms with Crippen LogP contribution in [0.25, 0.3) is 0 Å². The number of nitrogens with one attached hydrogen (secondary N) is 1. The first-order chi connectivity index (χ1) is 11.2. The van der Waals surface area contributed by atoms with E-state index in [0.717, 1.165) is 34.3 Å². The van der Waals surface area contributed by atoms with Crippen LogP contribution in [0.15, 0.2) is 35.1 Å². The van der Waals surface area contributed by atoms with Crippen LogP contribution in [0.1, 0.15) is 29.4 Å². The molecule has 0 radical (unpaired) electrons. The van der Waals surface area contributed by atoms with E-state index in [1.165, 1.54) is 0 Å². The second-order valence-corrected chi connectivity index (χ2v) is 6.98. The van der Waals surface area contributed by atoms with Gasteiger partial charge in [-0.05, 0) is 24.1 Å². The minimum absolute atomic E-state index is 0.0200. The molecule has 3 heterocycles. The zero-order chi connectivity index (χ0) is 15.8. The molecule has 1 aromatic carbocycles. The number of carbonyl (C=O) groups is 1. The lowest BCUT2D eigenvalue weighted by molar-refractivity contribution is -0.137. The standard InChI is InChI=1S/C17H18BrN3O2/c18-13-3-1-11(2-4-13)16-15-14(19-10-20-15)5-7-21(16)17(22)12-6-8-23-9-12/h1-4,10,12,16H,5-9H2,(H,19,20). The van der Waals surface area contributed by atoms with Gasteiger partial charge in [0, 0.05) is 29.7 Å². The van der Waals surface area contributed by atoms with E-state index in [1.54, 1.807) is 6.33 Å². The fourth-order valence-corrected chi connectivity index (χ4v) is 3.72. The largest absolute Gasteiger partial charge is 0.381 e. The molecular formula is C17H18BrN3O2. The predicted molar refractivity (Wildman–Crippen MR) is 88.9 cm³/mol. The fraction of sp³-hybridized carbons (Fsp3) is 0.412. The van der Waals surface area contributed by atoms with E-state index in [-0.39, 0.29) is 17.9 Å². The van der Waals surface area contributed by atoms with Gasteiger partial charge in [0.25, 0.3) is 0 Å². The number of rotatable bonds is 2. The van der Waals surface area contributed by atoms with Gasteiger partial charge in [0.1, 0.15) is 6.04 Å². The van der Waals surface area contributed by atoms with Crippen molar-refractivity contribution in [1.82, 2.24) is 14.9 Å². The summed E-state index contributed by atoms with van der Waals surface area (Å²) >= 11 is 3.47. The Hall–Kier alpha value is -1.66. The number of nitrogens with zero attached hydrogens (tertiary/aromatic N) is 2. The second-order valence-electron chi connectivity index (χ2n) is 6.06. The Bertz CT molecular complexity index is 707. The Morgan fingerprint density at radius 1 is 1.35 bits per heavy atom. The zero-order valence-electron chi connectivity index (χ0n) is 12.7. The number of ether oxygens (including phenoxy) is 1. The van der Waals surface area contributed by atoms with Crippen molar-refractivity contribution in [3.05, 3.63) is 52.0 Å². The van der Waals surface area contributed by atoms with Gasteiger partial charge in [-0.2, -0.15) is 0 Å². The SMILES string of the molecule is O=C(C1CCOC1)N1CCc2[nH]cnc2C1c1ccc(Br)cc1. The molecule has 1 aromatic heterocycles. The Kier molecular flexibility index (Phi) is 3.95. The number of aromatic amines is 1. The molecule has 2 aromatic rings. The van der Waals surface area contributed by atoms with Gasteiger partial charge in [0.05, 0.1) is 24.5 Å². The number of halogens is 1. The van der Waals surface area contributed by atoms with Crippen LogP contribution < -0.4 is 0 Å². The first-order valence-corrected chi connectivity index (χ1v) is 8.69. The van der Waals surface area contributed by atoms with E-state index < -0.39 is 0 Å².